The van der Waals surface area contributed by atoms with Crippen molar-refractivity contribution in [3.63, 3.8) is 0 Å². The first kappa shape index (κ1) is 15.4. The van der Waals surface area contributed by atoms with Crippen LogP contribution in [-0.2, 0) is 10.7 Å². The molecule has 0 heterocycles. The smallest absolute Gasteiger partial charge is 0.466 e. The van der Waals surface area contributed by atoms with Gasteiger partial charge in [-0.3, -0.25) is 0 Å². The molecule has 0 aromatic heterocycles. The summed E-state index contributed by atoms with van der Waals surface area (Å²) >= 11 is -3.66. The van der Waals surface area contributed by atoms with Crippen molar-refractivity contribution in [2.24, 2.45) is 0 Å². The van der Waals surface area contributed by atoms with E-state index >= 15 is 0 Å². The van der Waals surface area contributed by atoms with E-state index < -0.39 is 39.2 Å². The summed E-state index contributed by atoms with van der Waals surface area (Å²) in [7, 11) is -4.64. The van der Waals surface area contributed by atoms with Gasteiger partial charge in [-0.25, -0.2) is 15.1 Å². The molecular formula is C6H7FIO7P. The van der Waals surface area contributed by atoms with Crippen LogP contribution in [0.5, 0.6) is 5.75 Å². The average Bonchev–Trinajstić information content (AvgIpc) is 1.99. The number of phosphoric acid groups is 1. The summed E-state index contributed by atoms with van der Waals surface area (Å²) in [6.45, 7) is 0. The van der Waals surface area contributed by atoms with Crippen molar-refractivity contribution in [3.8, 4) is 5.75 Å². The van der Waals surface area contributed by atoms with Crippen LogP contribution in [0.4, 0.5) is 4.39 Å². The van der Waals surface area contributed by atoms with Gasteiger partial charge in [-0.2, -0.15) is 0 Å². The maximum atomic E-state index is 12.3. The van der Waals surface area contributed by atoms with Gasteiger partial charge in [-0.05, 0) is 12.1 Å². The Balaban J connectivity index is 0.000000385. The summed E-state index contributed by atoms with van der Waals surface area (Å²) in [5.41, 5.74) is 0. The monoisotopic (exact) mass is 368 g/mol. The van der Waals surface area contributed by atoms with Crippen molar-refractivity contribution in [1.29, 1.82) is 0 Å². The SMILES string of the molecule is O=I(=O)c1ccc(F)cc1O.O=P(O)(O)O. The number of phenolic OH excluding ortho intramolecular Hbond substituents is 1. The standard InChI is InChI=1S/C6H4FIO3.H3O4P/c7-4-1-2-5(8(10)11)6(9)3-4;1-5(2,3)4/h1-3,9H;(H3,1,2,3,4). The molecule has 1 aromatic rings. The van der Waals surface area contributed by atoms with Gasteiger partial charge in [0.25, 0.3) is 0 Å². The van der Waals surface area contributed by atoms with Crippen molar-refractivity contribution in [1.82, 2.24) is 0 Å². The zero-order chi connectivity index (χ0) is 12.9. The lowest BCUT2D eigenvalue weighted by atomic mass is 10.3. The highest BCUT2D eigenvalue weighted by molar-refractivity contribution is 14.2. The highest BCUT2D eigenvalue weighted by atomic mass is 127. The summed E-state index contributed by atoms with van der Waals surface area (Å²) in [6, 6.07) is 2.82. The maximum absolute atomic E-state index is 12.3. The number of hydrogen-bond acceptors (Lipinski definition) is 4. The number of rotatable bonds is 1. The Labute approximate surface area is 95.9 Å². The molecule has 0 aliphatic carbocycles. The minimum absolute atomic E-state index is 0.171. The summed E-state index contributed by atoms with van der Waals surface area (Å²) in [4.78, 5) is 21.6. The van der Waals surface area contributed by atoms with Crippen LogP contribution >= 0.6 is 27.6 Å². The second kappa shape index (κ2) is 6.21. The Kier molecular flexibility index (Phi) is 5.97. The molecule has 7 nitrogen and oxygen atoms in total. The van der Waals surface area contributed by atoms with Crippen LogP contribution in [-0.4, -0.2) is 19.8 Å². The number of aromatic hydroxyl groups is 1. The molecule has 4 N–H and O–H groups in total. The summed E-state index contributed by atoms with van der Waals surface area (Å²) < 4.78 is 41.7. The van der Waals surface area contributed by atoms with Crippen LogP contribution in [0.15, 0.2) is 18.2 Å². The third kappa shape index (κ3) is 7.65. The Morgan fingerprint density at radius 2 is 1.62 bits per heavy atom. The first-order valence-electron chi connectivity index (χ1n) is 3.43. The molecule has 1 aromatic carbocycles. The van der Waals surface area contributed by atoms with Crippen LogP contribution in [0.3, 0.4) is 0 Å². The number of halogens is 2. The van der Waals surface area contributed by atoms with Crippen LogP contribution in [0.2, 0.25) is 0 Å². The molecule has 0 spiro atoms. The van der Waals surface area contributed by atoms with Crippen LogP contribution in [0.1, 0.15) is 0 Å². The van der Waals surface area contributed by atoms with Crippen molar-refractivity contribution < 1.29 is 34.9 Å². The van der Waals surface area contributed by atoms with E-state index in [1.807, 2.05) is 0 Å². The lowest BCUT2D eigenvalue weighted by Crippen LogP contribution is -1.77. The Morgan fingerprint density at radius 3 is 1.94 bits per heavy atom. The minimum atomic E-state index is -4.64. The van der Waals surface area contributed by atoms with Gasteiger partial charge in [0, 0.05) is 6.07 Å². The van der Waals surface area contributed by atoms with Gasteiger partial charge >= 0.3 is 27.6 Å². The molecule has 0 radical (unpaired) electrons. The molecule has 0 amide bonds. The van der Waals surface area contributed by atoms with Crippen LogP contribution in [0.25, 0.3) is 0 Å². The number of phenols is 1. The molecule has 0 aliphatic rings. The van der Waals surface area contributed by atoms with E-state index in [-0.39, 0.29) is 3.57 Å². The zero-order valence-corrected chi connectivity index (χ0v) is 10.5. The molecule has 10 heteroatoms. The van der Waals surface area contributed by atoms with E-state index in [4.69, 9.17) is 24.4 Å². The van der Waals surface area contributed by atoms with Gasteiger partial charge in [-0.15, -0.1) is 0 Å². The van der Waals surface area contributed by atoms with Crippen molar-refractivity contribution >= 4 is 27.6 Å². The first-order valence-corrected chi connectivity index (χ1v) is 7.84. The van der Waals surface area contributed by atoms with E-state index in [1.165, 1.54) is 0 Å². The average molecular weight is 368 g/mol. The van der Waals surface area contributed by atoms with Crippen molar-refractivity contribution in [2.45, 2.75) is 0 Å². The largest absolute Gasteiger partial charge is 0.507 e. The summed E-state index contributed by atoms with van der Waals surface area (Å²) in [5.74, 6) is -1.16. The fraction of sp³-hybridized carbons (Fsp3) is 0. The fourth-order valence-electron chi connectivity index (χ4n) is 0.616. The highest BCUT2D eigenvalue weighted by Gasteiger charge is 2.06. The van der Waals surface area contributed by atoms with Crippen LogP contribution < -0.4 is 0 Å². The predicted octanol–water partition coefficient (Wildman–Crippen LogP) is 0.970. The Bertz CT molecular complexity index is 464. The van der Waals surface area contributed by atoms with Crippen molar-refractivity contribution in [2.75, 3.05) is 0 Å². The molecule has 0 fully saturated rings. The second-order valence-electron chi connectivity index (χ2n) is 2.33. The summed E-state index contributed by atoms with van der Waals surface area (Å²) in [6.07, 6.45) is 0. The van der Waals surface area contributed by atoms with Gasteiger partial charge in [0.15, 0.2) is 0 Å². The molecule has 0 saturated heterocycles. The van der Waals surface area contributed by atoms with Crippen molar-refractivity contribution in [3.05, 3.63) is 27.6 Å². The lowest BCUT2D eigenvalue weighted by molar-refractivity contribution is 0.275. The van der Waals surface area contributed by atoms with E-state index in [0.717, 1.165) is 18.2 Å². The van der Waals surface area contributed by atoms with E-state index in [9.17, 15) is 10.5 Å². The van der Waals surface area contributed by atoms with Gasteiger partial charge < -0.3 is 19.8 Å². The van der Waals surface area contributed by atoms with E-state index in [0.29, 0.717) is 0 Å². The highest BCUT2D eigenvalue weighted by Crippen LogP contribution is 2.27. The Hall–Kier alpha value is -0.610. The van der Waals surface area contributed by atoms with Crippen LogP contribution in [0, 0.1) is 9.39 Å². The zero-order valence-electron chi connectivity index (χ0n) is 7.45. The molecule has 0 atom stereocenters. The summed E-state index contributed by atoms with van der Waals surface area (Å²) in [5, 5.41) is 8.86. The fourth-order valence-corrected chi connectivity index (χ4v) is 1.70. The topological polar surface area (TPSA) is 132 Å². The number of hydrogen-bond donors (Lipinski definition) is 4. The predicted molar refractivity (Wildman–Crippen MR) is 56.4 cm³/mol. The molecule has 92 valence electrons. The molecule has 0 aliphatic heterocycles. The van der Waals surface area contributed by atoms with E-state index in [1.54, 1.807) is 0 Å². The van der Waals surface area contributed by atoms with Gasteiger partial charge in [-0.1, -0.05) is 0 Å². The van der Waals surface area contributed by atoms with E-state index in [2.05, 4.69) is 0 Å². The molecular weight excluding hydrogens is 361 g/mol. The second-order valence-corrected chi connectivity index (χ2v) is 5.76. The molecule has 0 unspecified atom stereocenters. The Morgan fingerprint density at radius 1 is 1.19 bits per heavy atom. The number of benzene rings is 1. The third-order valence-corrected chi connectivity index (χ3v) is 2.94. The third-order valence-electron chi connectivity index (χ3n) is 1.07. The lowest BCUT2D eigenvalue weighted by Gasteiger charge is -1.93. The van der Waals surface area contributed by atoms with Gasteiger partial charge in [0.05, 0.1) is 0 Å². The normalized spacial score (nSPS) is 10.8. The first-order chi connectivity index (χ1) is 7.11. The molecule has 1 rings (SSSR count). The maximum Gasteiger partial charge on any atom is 0.466 e. The minimum Gasteiger partial charge on any atom is -0.507 e. The quantitative estimate of drug-likeness (QED) is 0.429. The molecule has 16 heavy (non-hydrogen) atoms. The van der Waals surface area contributed by atoms with Gasteiger partial charge in [0.1, 0.15) is 15.1 Å². The molecule has 0 saturated carbocycles. The van der Waals surface area contributed by atoms with Gasteiger partial charge in [0.2, 0.25) is 0 Å². The molecule has 0 bridgehead atoms.